The highest BCUT2D eigenvalue weighted by Gasteiger charge is 2.22. The van der Waals surface area contributed by atoms with E-state index >= 15 is 0 Å². The van der Waals surface area contributed by atoms with Crippen LogP contribution in [0.15, 0.2) is 29.2 Å². The van der Waals surface area contributed by atoms with Gasteiger partial charge >= 0.3 is 0 Å². The summed E-state index contributed by atoms with van der Waals surface area (Å²) in [6.07, 6.45) is 1.80. The van der Waals surface area contributed by atoms with Crippen molar-refractivity contribution in [1.29, 1.82) is 0 Å². The minimum atomic E-state index is 0.154. The molecule has 1 aliphatic rings. The lowest BCUT2D eigenvalue weighted by Crippen LogP contribution is -2.40. The maximum absolute atomic E-state index is 12.1. The fourth-order valence-corrected chi connectivity index (χ4v) is 3.30. The first kappa shape index (κ1) is 14.7. The number of thioether (sulfide) groups is 1. The molecular weight excluding hydrogens is 282 g/mol. The molecule has 1 N–H and O–H groups in total. The molecule has 0 spiro atoms. The van der Waals surface area contributed by atoms with Gasteiger partial charge in [-0.2, -0.15) is 0 Å². The third kappa shape index (κ3) is 4.13. The number of piperidine rings is 1. The van der Waals surface area contributed by atoms with Crippen LogP contribution in [0.4, 0.5) is 0 Å². The first-order valence-corrected chi connectivity index (χ1v) is 7.83. The van der Waals surface area contributed by atoms with Gasteiger partial charge in [0.1, 0.15) is 0 Å². The van der Waals surface area contributed by atoms with E-state index in [0.29, 0.717) is 16.7 Å². The maximum atomic E-state index is 12.1. The molecule has 1 aliphatic heterocycles. The molecule has 1 saturated heterocycles. The number of halogens is 1. The van der Waals surface area contributed by atoms with Crippen LogP contribution in [0.3, 0.4) is 0 Å². The van der Waals surface area contributed by atoms with E-state index in [1.54, 1.807) is 0 Å². The Morgan fingerprint density at radius 2 is 2.05 bits per heavy atom. The third-order valence-electron chi connectivity index (χ3n) is 3.41. The number of benzene rings is 1. The van der Waals surface area contributed by atoms with Crippen molar-refractivity contribution in [1.82, 2.24) is 4.90 Å². The van der Waals surface area contributed by atoms with Gasteiger partial charge in [-0.3, -0.25) is 4.79 Å². The van der Waals surface area contributed by atoms with Gasteiger partial charge in [-0.05, 0) is 30.9 Å². The Hall–Kier alpha value is -0.710. The number of likely N-dealkylation sites (tertiary alicyclic amines) is 1. The van der Waals surface area contributed by atoms with Gasteiger partial charge in [0.05, 0.1) is 10.8 Å². The first-order valence-electron chi connectivity index (χ1n) is 6.46. The summed E-state index contributed by atoms with van der Waals surface area (Å²) in [6.45, 7) is 1.75. The lowest BCUT2D eigenvalue weighted by atomic mass is 9.98. The van der Waals surface area contributed by atoms with Gasteiger partial charge in [0.2, 0.25) is 5.91 Å². The van der Waals surface area contributed by atoms with Crippen molar-refractivity contribution in [3.63, 3.8) is 0 Å². The van der Waals surface area contributed by atoms with Crippen molar-refractivity contribution in [3.8, 4) is 0 Å². The highest BCUT2D eigenvalue weighted by Crippen LogP contribution is 2.27. The topological polar surface area (TPSA) is 40.5 Å². The molecule has 2 rings (SSSR count). The Bertz CT molecular complexity index is 433. The van der Waals surface area contributed by atoms with Crippen molar-refractivity contribution in [2.45, 2.75) is 17.7 Å². The summed E-state index contributed by atoms with van der Waals surface area (Å²) in [7, 11) is 0. The number of nitrogens with zero attached hydrogens (tertiary/aromatic N) is 1. The van der Waals surface area contributed by atoms with Crippen LogP contribution in [0, 0.1) is 5.92 Å². The number of carbonyl (C=O) groups is 1. The quantitative estimate of drug-likeness (QED) is 0.869. The van der Waals surface area contributed by atoms with Gasteiger partial charge in [-0.25, -0.2) is 0 Å². The highest BCUT2D eigenvalue weighted by molar-refractivity contribution is 8.00. The molecule has 1 amide bonds. The average Bonchev–Trinajstić information content (AvgIpc) is 2.46. The Labute approximate surface area is 122 Å². The summed E-state index contributed by atoms with van der Waals surface area (Å²) in [5, 5.41) is 9.77. The molecule has 19 heavy (non-hydrogen) atoms. The molecule has 3 nitrogen and oxygen atoms in total. The first-order chi connectivity index (χ1) is 9.20. The molecule has 0 unspecified atom stereocenters. The minimum absolute atomic E-state index is 0.154. The fourth-order valence-electron chi connectivity index (χ4n) is 2.16. The molecular formula is C14H18ClNO2S. The zero-order chi connectivity index (χ0) is 13.7. The van der Waals surface area contributed by atoms with E-state index in [2.05, 4.69) is 0 Å². The van der Waals surface area contributed by atoms with Gasteiger partial charge in [0.15, 0.2) is 0 Å². The predicted octanol–water partition coefficient (Wildman–Crippen LogP) is 2.66. The average molecular weight is 300 g/mol. The summed E-state index contributed by atoms with van der Waals surface area (Å²) < 4.78 is 0. The largest absolute Gasteiger partial charge is 0.396 e. The minimum Gasteiger partial charge on any atom is -0.396 e. The second-order valence-corrected chi connectivity index (χ2v) is 6.15. The molecule has 0 radical (unpaired) electrons. The van der Waals surface area contributed by atoms with Crippen molar-refractivity contribution in [3.05, 3.63) is 29.3 Å². The number of hydrogen-bond acceptors (Lipinski definition) is 3. The van der Waals surface area contributed by atoms with Crippen LogP contribution >= 0.6 is 23.4 Å². The van der Waals surface area contributed by atoms with Crippen LogP contribution in [-0.2, 0) is 4.79 Å². The lowest BCUT2D eigenvalue weighted by Gasteiger charge is -2.31. The second kappa shape index (κ2) is 7.17. The number of amides is 1. The molecule has 1 fully saturated rings. The van der Waals surface area contributed by atoms with Gasteiger partial charge in [-0.15, -0.1) is 11.8 Å². The molecule has 1 heterocycles. The Kier molecular flexibility index (Phi) is 5.55. The van der Waals surface area contributed by atoms with E-state index < -0.39 is 0 Å². The van der Waals surface area contributed by atoms with Gasteiger partial charge in [-0.1, -0.05) is 23.7 Å². The standard InChI is InChI=1S/C14H18ClNO2S/c15-12-3-1-2-4-13(12)19-10-14(18)16-7-5-11(9-17)6-8-16/h1-4,11,17H,5-10H2. The molecule has 0 aliphatic carbocycles. The SMILES string of the molecule is O=C(CSc1ccccc1Cl)N1CCC(CO)CC1. The van der Waals surface area contributed by atoms with Gasteiger partial charge in [0.25, 0.3) is 0 Å². The van der Waals surface area contributed by atoms with Crippen LogP contribution < -0.4 is 0 Å². The van der Waals surface area contributed by atoms with Crippen LogP contribution in [0.1, 0.15) is 12.8 Å². The van der Waals surface area contributed by atoms with Gasteiger partial charge in [0, 0.05) is 24.6 Å². The van der Waals surface area contributed by atoms with E-state index in [1.165, 1.54) is 11.8 Å². The number of aliphatic hydroxyl groups is 1. The molecule has 1 aromatic rings. The highest BCUT2D eigenvalue weighted by atomic mass is 35.5. The number of hydrogen-bond donors (Lipinski definition) is 1. The zero-order valence-corrected chi connectivity index (χ0v) is 12.3. The molecule has 0 saturated carbocycles. The van der Waals surface area contributed by atoms with Crippen LogP contribution in [0.2, 0.25) is 5.02 Å². The van der Waals surface area contributed by atoms with Crippen LogP contribution in [0.5, 0.6) is 0 Å². The molecule has 0 atom stereocenters. The van der Waals surface area contributed by atoms with E-state index in [1.807, 2.05) is 29.2 Å². The second-order valence-electron chi connectivity index (χ2n) is 4.73. The number of rotatable bonds is 4. The van der Waals surface area contributed by atoms with Crippen LogP contribution in [0.25, 0.3) is 0 Å². The van der Waals surface area contributed by atoms with Crippen molar-refractivity contribution < 1.29 is 9.90 Å². The Morgan fingerprint density at radius 1 is 1.37 bits per heavy atom. The summed E-state index contributed by atoms with van der Waals surface area (Å²) in [6, 6.07) is 7.57. The van der Waals surface area contributed by atoms with Crippen molar-refractivity contribution in [2.75, 3.05) is 25.4 Å². The molecule has 5 heteroatoms. The smallest absolute Gasteiger partial charge is 0.232 e. The fraction of sp³-hybridized carbons (Fsp3) is 0.500. The van der Waals surface area contributed by atoms with E-state index in [4.69, 9.17) is 16.7 Å². The summed E-state index contributed by atoms with van der Waals surface area (Å²) in [5.74, 6) is 0.939. The van der Waals surface area contributed by atoms with Crippen LogP contribution in [-0.4, -0.2) is 41.4 Å². The zero-order valence-electron chi connectivity index (χ0n) is 10.7. The summed E-state index contributed by atoms with van der Waals surface area (Å²) in [4.78, 5) is 14.9. The number of aliphatic hydroxyl groups excluding tert-OH is 1. The van der Waals surface area contributed by atoms with Gasteiger partial charge < -0.3 is 10.0 Å². The summed E-state index contributed by atoms with van der Waals surface area (Å²) >= 11 is 7.54. The molecule has 0 aromatic heterocycles. The Balaban J connectivity index is 1.81. The van der Waals surface area contributed by atoms with E-state index in [9.17, 15) is 4.79 Å². The third-order valence-corrected chi connectivity index (χ3v) is 4.91. The lowest BCUT2D eigenvalue weighted by molar-refractivity contribution is -0.129. The molecule has 104 valence electrons. The normalized spacial score (nSPS) is 16.6. The molecule has 0 bridgehead atoms. The monoisotopic (exact) mass is 299 g/mol. The van der Waals surface area contributed by atoms with E-state index in [-0.39, 0.29) is 12.5 Å². The molecule has 1 aromatic carbocycles. The number of carbonyl (C=O) groups excluding carboxylic acids is 1. The van der Waals surface area contributed by atoms with Crippen molar-refractivity contribution >= 4 is 29.3 Å². The predicted molar refractivity (Wildman–Crippen MR) is 78.6 cm³/mol. The Morgan fingerprint density at radius 3 is 2.68 bits per heavy atom. The maximum Gasteiger partial charge on any atom is 0.232 e. The van der Waals surface area contributed by atoms with E-state index in [0.717, 1.165) is 30.8 Å². The van der Waals surface area contributed by atoms with Crippen molar-refractivity contribution in [2.24, 2.45) is 5.92 Å². The summed E-state index contributed by atoms with van der Waals surface area (Å²) in [5.41, 5.74) is 0.